The molecule has 0 unspecified atom stereocenters. The molecule has 1 heterocycles. The number of hydrogen-bond acceptors (Lipinski definition) is 4. The molecule has 1 aromatic rings. The summed E-state index contributed by atoms with van der Waals surface area (Å²) < 4.78 is 0. The van der Waals surface area contributed by atoms with Crippen LogP contribution in [-0.4, -0.2) is 24.0 Å². The molecule has 2 rings (SSSR count). The van der Waals surface area contributed by atoms with Crippen LogP contribution in [0, 0.1) is 12.3 Å². The van der Waals surface area contributed by atoms with E-state index in [1.54, 1.807) is 11.3 Å². The van der Waals surface area contributed by atoms with Crippen molar-refractivity contribution in [3.8, 4) is 0 Å². The third-order valence-electron chi connectivity index (χ3n) is 3.06. The Morgan fingerprint density at radius 3 is 2.94 bits per heavy atom. The summed E-state index contributed by atoms with van der Waals surface area (Å²) in [6, 6.07) is 0. The van der Waals surface area contributed by atoms with Gasteiger partial charge in [-0.1, -0.05) is 0 Å². The summed E-state index contributed by atoms with van der Waals surface area (Å²) in [4.78, 5) is 16.1. The van der Waals surface area contributed by atoms with Crippen molar-refractivity contribution in [1.82, 2.24) is 10.3 Å². The Hall–Kier alpha value is -0.940. The number of carbonyl (C=O) groups excluding carboxylic acids is 1. The van der Waals surface area contributed by atoms with Crippen molar-refractivity contribution >= 4 is 17.2 Å². The molecular formula is C11H17N3OS. The largest absolute Gasteiger partial charge is 0.355 e. The van der Waals surface area contributed by atoms with E-state index in [4.69, 9.17) is 5.73 Å². The molecule has 1 amide bonds. The quantitative estimate of drug-likeness (QED) is 0.800. The number of nitrogens with zero attached hydrogens (tertiary/aromatic N) is 1. The fourth-order valence-electron chi connectivity index (χ4n) is 1.69. The van der Waals surface area contributed by atoms with Gasteiger partial charge in [-0.05, 0) is 19.8 Å². The molecule has 1 fully saturated rings. The van der Waals surface area contributed by atoms with Gasteiger partial charge < -0.3 is 11.1 Å². The van der Waals surface area contributed by atoms with Gasteiger partial charge in [0, 0.05) is 24.9 Å². The second-order valence-electron chi connectivity index (χ2n) is 4.35. The SMILES string of the molecule is Cc1nc(CCNC(=O)C2(CN)CC2)cs1. The fourth-order valence-corrected chi connectivity index (χ4v) is 2.34. The number of carbonyl (C=O) groups is 1. The molecular weight excluding hydrogens is 222 g/mol. The highest BCUT2D eigenvalue weighted by Crippen LogP contribution is 2.44. The lowest BCUT2D eigenvalue weighted by Crippen LogP contribution is -2.37. The minimum atomic E-state index is -0.238. The van der Waals surface area contributed by atoms with Crippen LogP contribution < -0.4 is 11.1 Å². The number of hydrogen-bond donors (Lipinski definition) is 2. The van der Waals surface area contributed by atoms with Crippen molar-refractivity contribution in [1.29, 1.82) is 0 Å². The molecule has 0 bridgehead atoms. The first-order chi connectivity index (χ1) is 7.66. The molecule has 0 aromatic carbocycles. The number of aromatic nitrogens is 1. The van der Waals surface area contributed by atoms with Crippen LogP contribution in [0.5, 0.6) is 0 Å². The van der Waals surface area contributed by atoms with E-state index in [1.165, 1.54) is 0 Å². The van der Waals surface area contributed by atoms with Crippen LogP contribution in [0.4, 0.5) is 0 Å². The first-order valence-corrected chi connectivity index (χ1v) is 6.44. The molecule has 0 aliphatic heterocycles. The van der Waals surface area contributed by atoms with Crippen molar-refractivity contribution in [2.45, 2.75) is 26.2 Å². The summed E-state index contributed by atoms with van der Waals surface area (Å²) in [6.07, 6.45) is 2.67. The maximum Gasteiger partial charge on any atom is 0.227 e. The summed E-state index contributed by atoms with van der Waals surface area (Å²) in [5.74, 6) is 0.113. The summed E-state index contributed by atoms with van der Waals surface area (Å²) in [6.45, 7) is 3.11. The van der Waals surface area contributed by atoms with Crippen LogP contribution in [0.1, 0.15) is 23.5 Å². The van der Waals surface area contributed by atoms with Gasteiger partial charge in [-0.2, -0.15) is 0 Å². The van der Waals surface area contributed by atoms with Crippen molar-refractivity contribution in [2.75, 3.05) is 13.1 Å². The van der Waals surface area contributed by atoms with Crippen LogP contribution in [0.15, 0.2) is 5.38 Å². The Morgan fingerprint density at radius 1 is 1.69 bits per heavy atom. The molecule has 3 N–H and O–H groups in total. The normalized spacial score (nSPS) is 17.1. The third kappa shape index (κ3) is 2.41. The maximum atomic E-state index is 11.7. The van der Waals surface area contributed by atoms with Gasteiger partial charge in [-0.25, -0.2) is 4.98 Å². The molecule has 16 heavy (non-hydrogen) atoms. The van der Waals surface area contributed by atoms with Crippen molar-refractivity contribution in [2.24, 2.45) is 11.1 Å². The maximum absolute atomic E-state index is 11.7. The molecule has 1 aliphatic rings. The number of thiazole rings is 1. The molecule has 5 heteroatoms. The van der Waals surface area contributed by atoms with Gasteiger partial charge in [-0.15, -0.1) is 11.3 Å². The van der Waals surface area contributed by atoms with Crippen LogP contribution in [0.3, 0.4) is 0 Å². The lowest BCUT2D eigenvalue weighted by atomic mass is 10.1. The highest BCUT2D eigenvalue weighted by Gasteiger charge is 2.48. The summed E-state index contributed by atoms with van der Waals surface area (Å²) in [5.41, 5.74) is 6.40. The lowest BCUT2D eigenvalue weighted by Gasteiger charge is -2.11. The Bertz CT molecular complexity index is 384. The fraction of sp³-hybridized carbons (Fsp3) is 0.636. The molecule has 1 aliphatic carbocycles. The first kappa shape index (κ1) is 11.5. The Kier molecular flexibility index (Phi) is 3.25. The highest BCUT2D eigenvalue weighted by molar-refractivity contribution is 7.09. The predicted molar refractivity (Wildman–Crippen MR) is 64.3 cm³/mol. The van der Waals surface area contributed by atoms with Gasteiger partial charge in [0.25, 0.3) is 0 Å². The van der Waals surface area contributed by atoms with Gasteiger partial charge in [-0.3, -0.25) is 4.79 Å². The summed E-state index contributed by atoms with van der Waals surface area (Å²) >= 11 is 1.64. The number of rotatable bonds is 5. The monoisotopic (exact) mass is 239 g/mol. The van der Waals surface area contributed by atoms with Crippen LogP contribution in [-0.2, 0) is 11.2 Å². The topological polar surface area (TPSA) is 68.0 Å². The molecule has 1 saturated carbocycles. The van der Waals surface area contributed by atoms with Gasteiger partial charge in [0.05, 0.1) is 16.1 Å². The Balaban J connectivity index is 1.74. The smallest absolute Gasteiger partial charge is 0.227 e. The lowest BCUT2D eigenvalue weighted by molar-refractivity contribution is -0.125. The van der Waals surface area contributed by atoms with E-state index in [0.29, 0.717) is 13.1 Å². The van der Waals surface area contributed by atoms with Gasteiger partial charge >= 0.3 is 0 Å². The molecule has 88 valence electrons. The minimum Gasteiger partial charge on any atom is -0.355 e. The third-order valence-corrected chi connectivity index (χ3v) is 3.88. The predicted octanol–water partition coefficient (Wildman–Crippen LogP) is 0.849. The van der Waals surface area contributed by atoms with Gasteiger partial charge in [0.15, 0.2) is 0 Å². The van der Waals surface area contributed by atoms with E-state index < -0.39 is 0 Å². The summed E-state index contributed by atoms with van der Waals surface area (Å²) in [7, 11) is 0. The van der Waals surface area contributed by atoms with E-state index in [9.17, 15) is 4.79 Å². The average molecular weight is 239 g/mol. The zero-order valence-electron chi connectivity index (χ0n) is 9.45. The number of aryl methyl sites for hydroxylation is 1. The van der Waals surface area contributed by atoms with E-state index in [-0.39, 0.29) is 11.3 Å². The van der Waals surface area contributed by atoms with Crippen LogP contribution >= 0.6 is 11.3 Å². The molecule has 4 nitrogen and oxygen atoms in total. The zero-order valence-corrected chi connectivity index (χ0v) is 10.3. The van der Waals surface area contributed by atoms with Crippen LogP contribution in [0.2, 0.25) is 0 Å². The second-order valence-corrected chi connectivity index (χ2v) is 5.41. The van der Waals surface area contributed by atoms with Crippen molar-refractivity contribution in [3.63, 3.8) is 0 Å². The van der Waals surface area contributed by atoms with E-state index in [2.05, 4.69) is 10.3 Å². The number of amides is 1. The Labute approximate surface area is 99.3 Å². The second kappa shape index (κ2) is 4.51. The minimum absolute atomic E-state index is 0.113. The van der Waals surface area contributed by atoms with E-state index >= 15 is 0 Å². The zero-order chi connectivity index (χ0) is 11.6. The van der Waals surface area contributed by atoms with E-state index in [1.807, 2.05) is 12.3 Å². The van der Waals surface area contributed by atoms with Crippen molar-refractivity contribution < 1.29 is 4.79 Å². The average Bonchev–Trinajstić information content (AvgIpc) is 2.98. The first-order valence-electron chi connectivity index (χ1n) is 5.56. The van der Waals surface area contributed by atoms with Crippen molar-refractivity contribution in [3.05, 3.63) is 16.1 Å². The molecule has 0 saturated heterocycles. The van der Waals surface area contributed by atoms with Crippen LogP contribution in [0.25, 0.3) is 0 Å². The molecule has 0 atom stereocenters. The molecule has 0 radical (unpaired) electrons. The van der Waals surface area contributed by atoms with E-state index in [0.717, 1.165) is 30.0 Å². The number of nitrogens with one attached hydrogen (secondary N) is 1. The molecule has 0 spiro atoms. The standard InChI is InChI=1S/C11H17N3OS/c1-8-14-9(6-16-8)2-5-13-10(15)11(7-12)3-4-11/h6H,2-5,7,12H2,1H3,(H,13,15). The van der Waals surface area contributed by atoms with Gasteiger partial charge in [0.2, 0.25) is 5.91 Å². The Morgan fingerprint density at radius 2 is 2.44 bits per heavy atom. The summed E-state index contributed by atoms with van der Waals surface area (Å²) in [5, 5.41) is 6.05. The van der Waals surface area contributed by atoms with Gasteiger partial charge in [0.1, 0.15) is 0 Å². The highest BCUT2D eigenvalue weighted by atomic mass is 32.1. The molecule has 1 aromatic heterocycles. The number of nitrogens with two attached hydrogens (primary N) is 1.